The fraction of sp³-hybridized carbons (Fsp3) is 0.333. The first kappa shape index (κ1) is 14.1. The van der Waals surface area contributed by atoms with Crippen molar-refractivity contribution in [1.29, 1.82) is 0 Å². The van der Waals surface area contributed by atoms with Crippen LogP contribution in [0.5, 0.6) is 0 Å². The van der Waals surface area contributed by atoms with Gasteiger partial charge in [0.05, 0.1) is 11.5 Å². The molecule has 0 saturated carbocycles. The van der Waals surface area contributed by atoms with Crippen LogP contribution in [0.2, 0.25) is 0 Å². The largest absolute Gasteiger partial charge is 0.224 e. The summed E-state index contributed by atoms with van der Waals surface area (Å²) in [4.78, 5) is 0. The van der Waals surface area contributed by atoms with E-state index in [1.807, 2.05) is 0 Å². The van der Waals surface area contributed by atoms with Gasteiger partial charge >= 0.3 is 0 Å². The van der Waals surface area contributed by atoms with Crippen LogP contribution >= 0.6 is 0 Å². The second-order valence-corrected chi connectivity index (χ2v) is 6.85. The van der Waals surface area contributed by atoms with E-state index in [0.29, 0.717) is 0 Å². The standard InChI is InChI=1S/C9H14O4S2/c1-3-14(10,11)8-6-5-7-9-15(12,13)4-2/h3-6H,1-2,7-9H2/b6-5+. The summed E-state index contributed by atoms with van der Waals surface area (Å²) in [5.41, 5.74) is 0. The van der Waals surface area contributed by atoms with Crippen molar-refractivity contribution in [3.8, 4) is 0 Å². The van der Waals surface area contributed by atoms with Gasteiger partial charge in [0, 0.05) is 10.8 Å². The van der Waals surface area contributed by atoms with E-state index >= 15 is 0 Å². The van der Waals surface area contributed by atoms with Crippen molar-refractivity contribution in [1.82, 2.24) is 0 Å². The van der Waals surface area contributed by atoms with Crippen molar-refractivity contribution in [3.63, 3.8) is 0 Å². The number of rotatable bonds is 7. The second-order valence-electron chi connectivity index (χ2n) is 2.79. The molecule has 0 fully saturated rings. The van der Waals surface area contributed by atoms with E-state index in [-0.39, 0.29) is 17.9 Å². The van der Waals surface area contributed by atoms with Gasteiger partial charge in [0.25, 0.3) is 0 Å². The highest BCUT2D eigenvalue weighted by molar-refractivity contribution is 7.94. The molecule has 0 aliphatic carbocycles. The van der Waals surface area contributed by atoms with Crippen molar-refractivity contribution in [2.75, 3.05) is 11.5 Å². The molecule has 0 N–H and O–H groups in total. The molecule has 0 saturated heterocycles. The maximum atomic E-state index is 10.9. The molecular weight excluding hydrogens is 236 g/mol. The SMILES string of the molecule is C=CS(=O)(=O)C/C=C/CCS(=O)(=O)C=C. The van der Waals surface area contributed by atoms with Crippen LogP contribution in [0.25, 0.3) is 0 Å². The number of hydrogen-bond donors (Lipinski definition) is 0. The predicted molar refractivity (Wildman–Crippen MR) is 61.7 cm³/mol. The van der Waals surface area contributed by atoms with Crippen molar-refractivity contribution >= 4 is 19.7 Å². The molecule has 4 nitrogen and oxygen atoms in total. The number of hydrogen-bond acceptors (Lipinski definition) is 4. The summed E-state index contributed by atoms with van der Waals surface area (Å²) in [5, 5.41) is 1.76. The van der Waals surface area contributed by atoms with Gasteiger partial charge in [-0.15, -0.1) is 0 Å². The van der Waals surface area contributed by atoms with Gasteiger partial charge in [-0.25, -0.2) is 16.8 Å². The first-order valence-electron chi connectivity index (χ1n) is 4.18. The zero-order chi connectivity index (χ0) is 11.9. The van der Waals surface area contributed by atoms with Crippen LogP contribution < -0.4 is 0 Å². The van der Waals surface area contributed by atoms with Gasteiger partial charge in [0.1, 0.15) is 0 Å². The molecule has 0 spiro atoms. The molecule has 0 aromatic rings. The zero-order valence-electron chi connectivity index (χ0n) is 8.29. The molecule has 0 aliphatic heterocycles. The summed E-state index contributed by atoms with van der Waals surface area (Å²) in [6, 6.07) is 0. The highest BCUT2D eigenvalue weighted by atomic mass is 32.2. The van der Waals surface area contributed by atoms with E-state index < -0.39 is 19.7 Å². The minimum Gasteiger partial charge on any atom is -0.224 e. The third kappa shape index (κ3) is 7.10. The number of allylic oxidation sites excluding steroid dienone is 1. The van der Waals surface area contributed by atoms with E-state index in [4.69, 9.17) is 0 Å². The summed E-state index contributed by atoms with van der Waals surface area (Å²) in [7, 11) is -6.43. The molecule has 86 valence electrons. The molecule has 6 heteroatoms. The quantitative estimate of drug-likeness (QED) is 0.633. The van der Waals surface area contributed by atoms with Crippen LogP contribution in [-0.4, -0.2) is 28.3 Å². The van der Waals surface area contributed by atoms with E-state index in [2.05, 4.69) is 13.2 Å². The average molecular weight is 250 g/mol. The Morgan fingerprint density at radius 1 is 0.867 bits per heavy atom. The zero-order valence-corrected chi connectivity index (χ0v) is 9.93. The molecule has 0 bridgehead atoms. The Bertz CT molecular complexity index is 441. The average Bonchev–Trinajstić information content (AvgIpc) is 2.17. The molecule has 0 unspecified atom stereocenters. The van der Waals surface area contributed by atoms with Crippen LogP contribution in [0.15, 0.2) is 36.1 Å². The van der Waals surface area contributed by atoms with Crippen LogP contribution in [0.4, 0.5) is 0 Å². The second kappa shape index (κ2) is 5.87. The monoisotopic (exact) mass is 250 g/mol. The molecule has 0 heterocycles. The molecule has 0 aliphatic rings. The third-order valence-corrected chi connectivity index (χ3v) is 4.05. The first-order chi connectivity index (χ1) is 6.83. The van der Waals surface area contributed by atoms with Crippen molar-refractivity contribution in [3.05, 3.63) is 36.1 Å². The van der Waals surface area contributed by atoms with Gasteiger partial charge in [-0.2, -0.15) is 0 Å². The molecule has 0 radical (unpaired) electrons. The van der Waals surface area contributed by atoms with E-state index in [9.17, 15) is 16.8 Å². The normalized spacial score (nSPS) is 12.8. The molecule has 0 aromatic heterocycles. The molecule has 0 aromatic carbocycles. The Kier molecular flexibility index (Phi) is 5.53. The predicted octanol–water partition coefficient (Wildman–Crippen LogP) is 1.05. The van der Waals surface area contributed by atoms with Gasteiger partial charge in [-0.05, 0) is 6.42 Å². The first-order valence-corrected chi connectivity index (χ1v) is 7.61. The molecular formula is C9H14O4S2. The summed E-state index contributed by atoms with van der Waals surface area (Å²) < 4.78 is 43.7. The van der Waals surface area contributed by atoms with Crippen molar-refractivity contribution < 1.29 is 16.8 Å². The van der Waals surface area contributed by atoms with Crippen molar-refractivity contribution in [2.24, 2.45) is 0 Å². The summed E-state index contributed by atoms with van der Waals surface area (Å²) in [6.07, 6.45) is 3.21. The highest BCUT2D eigenvalue weighted by Gasteiger charge is 2.02. The third-order valence-electron chi connectivity index (χ3n) is 1.57. The summed E-state index contributed by atoms with van der Waals surface area (Å²) >= 11 is 0. The maximum absolute atomic E-state index is 10.9. The Hall–Kier alpha value is -0.880. The lowest BCUT2D eigenvalue weighted by Gasteiger charge is -1.93. The molecule has 0 rings (SSSR count). The fourth-order valence-electron chi connectivity index (χ4n) is 0.704. The molecule has 0 atom stereocenters. The Morgan fingerprint density at radius 2 is 1.40 bits per heavy atom. The fourth-order valence-corrected chi connectivity index (χ4v) is 1.88. The van der Waals surface area contributed by atoms with Gasteiger partial charge < -0.3 is 0 Å². The van der Waals surface area contributed by atoms with Gasteiger partial charge in [0.15, 0.2) is 19.7 Å². The summed E-state index contributed by atoms with van der Waals surface area (Å²) in [5.74, 6) is -0.203. The Morgan fingerprint density at radius 3 is 1.87 bits per heavy atom. The van der Waals surface area contributed by atoms with Crippen LogP contribution in [0.1, 0.15) is 6.42 Å². The Labute approximate surface area is 90.8 Å². The van der Waals surface area contributed by atoms with Crippen LogP contribution in [0.3, 0.4) is 0 Å². The lowest BCUT2D eigenvalue weighted by molar-refractivity contribution is 0.604. The minimum atomic E-state index is -3.23. The smallest absolute Gasteiger partial charge is 0.174 e. The molecule has 15 heavy (non-hydrogen) atoms. The lowest BCUT2D eigenvalue weighted by Crippen LogP contribution is -2.01. The highest BCUT2D eigenvalue weighted by Crippen LogP contribution is 1.97. The van der Waals surface area contributed by atoms with E-state index in [1.54, 1.807) is 0 Å². The van der Waals surface area contributed by atoms with Crippen LogP contribution in [0, 0.1) is 0 Å². The van der Waals surface area contributed by atoms with Gasteiger partial charge in [-0.3, -0.25) is 0 Å². The molecule has 0 amide bonds. The van der Waals surface area contributed by atoms with E-state index in [1.165, 1.54) is 12.2 Å². The lowest BCUT2D eigenvalue weighted by atomic mass is 10.4. The summed E-state index contributed by atoms with van der Waals surface area (Å²) in [6.45, 7) is 6.32. The number of sulfone groups is 2. The van der Waals surface area contributed by atoms with Gasteiger partial charge in [-0.1, -0.05) is 25.3 Å². The van der Waals surface area contributed by atoms with Gasteiger partial charge in [0.2, 0.25) is 0 Å². The topological polar surface area (TPSA) is 68.3 Å². The maximum Gasteiger partial charge on any atom is 0.174 e. The Balaban J connectivity index is 4.05. The van der Waals surface area contributed by atoms with Crippen molar-refractivity contribution in [2.45, 2.75) is 6.42 Å². The minimum absolute atomic E-state index is 0.0544. The van der Waals surface area contributed by atoms with Crippen LogP contribution in [-0.2, 0) is 19.7 Å². The van der Waals surface area contributed by atoms with E-state index in [0.717, 1.165) is 10.8 Å².